The summed E-state index contributed by atoms with van der Waals surface area (Å²) >= 11 is 0. The third kappa shape index (κ3) is 4.42. The fraction of sp³-hybridized carbons (Fsp3) is 0.419. The number of methoxy groups -OCH3 is 1. The van der Waals surface area contributed by atoms with Gasteiger partial charge in [0, 0.05) is 43.7 Å². The van der Waals surface area contributed by atoms with Crippen molar-refractivity contribution in [3.05, 3.63) is 60.4 Å². The number of likely N-dealkylation sites (tertiary alicyclic amines) is 3. The normalized spacial score (nSPS) is 21.6. The van der Waals surface area contributed by atoms with Gasteiger partial charge in [-0.1, -0.05) is 30.3 Å². The zero-order valence-corrected chi connectivity index (χ0v) is 23.1. The Hall–Kier alpha value is -4.34. The second-order valence-electron chi connectivity index (χ2n) is 11.5. The van der Waals surface area contributed by atoms with Crippen molar-refractivity contribution >= 4 is 34.8 Å². The van der Waals surface area contributed by atoms with Crippen molar-refractivity contribution in [1.29, 1.82) is 0 Å². The molecular weight excluding hydrogens is 522 g/mol. The van der Waals surface area contributed by atoms with Crippen LogP contribution in [0.5, 0.6) is 0 Å². The highest BCUT2D eigenvalue weighted by molar-refractivity contribution is 6.16. The minimum absolute atomic E-state index is 0.0912. The molecule has 3 saturated heterocycles. The van der Waals surface area contributed by atoms with Gasteiger partial charge in [0.25, 0.3) is 5.91 Å². The van der Waals surface area contributed by atoms with Gasteiger partial charge in [-0.2, -0.15) is 0 Å². The zero-order valence-electron chi connectivity index (χ0n) is 23.1. The van der Waals surface area contributed by atoms with Crippen LogP contribution >= 0.6 is 0 Å². The Labute approximate surface area is 238 Å². The highest BCUT2D eigenvalue weighted by atomic mass is 16.5. The Balaban J connectivity index is 1.13. The van der Waals surface area contributed by atoms with E-state index >= 15 is 0 Å². The number of carbonyl (C=O) groups is 3. The van der Waals surface area contributed by atoms with Gasteiger partial charge in [-0.25, -0.2) is 14.6 Å². The Morgan fingerprint density at radius 2 is 1.68 bits per heavy atom. The van der Waals surface area contributed by atoms with Crippen LogP contribution in [0, 0.1) is 5.92 Å². The number of amidine groups is 1. The Morgan fingerprint density at radius 3 is 2.44 bits per heavy atom. The minimum atomic E-state index is -0.988. The molecule has 0 N–H and O–H groups in total. The van der Waals surface area contributed by atoms with E-state index in [9.17, 15) is 14.4 Å². The number of aliphatic imine (C=N–C) groups is 1. The number of benzene rings is 2. The molecule has 4 aliphatic heterocycles. The average molecular weight is 556 g/mol. The summed E-state index contributed by atoms with van der Waals surface area (Å²) in [4.78, 5) is 51.1. The molecule has 41 heavy (non-hydrogen) atoms. The van der Waals surface area contributed by atoms with Crippen LogP contribution in [0.15, 0.2) is 64.2 Å². The molecule has 1 unspecified atom stereocenters. The number of hydrogen-bond donors (Lipinski definition) is 0. The van der Waals surface area contributed by atoms with E-state index in [4.69, 9.17) is 14.1 Å². The van der Waals surface area contributed by atoms with E-state index in [1.807, 2.05) is 52.3 Å². The quantitative estimate of drug-likeness (QED) is 0.484. The fourth-order valence-electron chi connectivity index (χ4n) is 6.58. The number of urea groups is 1. The van der Waals surface area contributed by atoms with E-state index in [1.165, 1.54) is 12.0 Å². The third-order valence-electron chi connectivity index (χ3n) is 8.86. The SMILES string of the molecule is COC(=O)N1CC2(C1)N=C(c1ccc(-c3ccc4occc4c3)cc1)N(CC1CCN(C(=O)N3CCCC3)C1)C2=O. The van der Waals surface area contributed by atoms with Gasteiger partial charge < -0.3 is 23.9 Å². The molecule has 0 aliphatic carbocycles. The molecule has 212 valence electrons. The third-order valence-corrected chi connectivity index (χ3v) is 8.86. The molecule has 4 amide bonds. The summed E-state index contributed by atoms with van der Waals surface area (Å²) in [5.41, 5.74) is 2.83. The summed E-state index contributed by atoms with van der Waals surface area (Å²) in [5.74, 6) is 0.690. The molecule has 10 heteroatoms. The van der Waals surface area contributed by atoms with Crippen LogP contribution in [0.2, 0.25) is 0 Å². The molecule has 3 aromatic rings. The summed E-state index contributed by atoms with van der Waals surface area (Å²) in [5, 5.41) is 1.04. The first-order chi connectivity index (χ1) is 19.9. The predicted molar refractivity (Wildman–Crippen MR) is 152 cm³/mol. The topological polar surface area (TPSA) is 98.9 Å². The van der Waals surface area contributed by atoms with Crippen molar-refractivity contribution in [3.8, 4) is 11.1 Å². The van der Waals surface area contributed by atoms with Crippen LogP contribution in [0.3, 0.4) is 0 Å². The highest BCUT2D eigenvalue weighted by Gasteiger charge is 2.58. The van der Waals surface area contributed by atoms with Crippen LogP contribution in [0.1, 0.15) is 24.8 Å². The maximum Gasteiger partial charge on any atom is 0.409 e. The molecule has 1 spiro atoms. The van der Waals surface area contributed by atoms with E-state index in [2.05, 4.69) is 6.07 Å². The highest BCUT2D eigenvalue weighted by Crippen LogP contribution is 2.36. The van der Waals surface area contributed by atoms with Gasteiger partial charge in [0.05, 0.1) is 26.5 Å². The number of furan rings is 1. The van der Waals surface area contributed by atoms with Crippen LogP contribution in [0.25, 0.3) is 22.1 Å². The Kier molecular flexibility index (Phi) is 6.21. The molecule has 0 bridgehead atoms. The number of hydrogen-bond acceptors (Lipinski definition) is 6. The maximum absolute atomic E-state index is 13.9. The molecule has 0 saturated carbocycles. The smallest absolute Gasteiger partial charge is 0.409 e. The van der Waals surface area contributed by atoms with Gasteiger partial charge in [-0.3, -0.25) is 9.69 Å². The van der Waals surface area contributed by atoms with Gasteiger partial charge in [0.1, 0.15) is 11.4 Å². The van der Waals surface area contributed by atoms with Crippen molar-refractivity contribution in [2.24, 2.45) is 10.9 Å². The number of carbonyl (C=O) groups excluding carboxylic acids is 3. The van der Waals surface area contributed by atoms with Crippen molar-refractivity contribution < 1.29 is 23.5 Å². The lowest BCUT2D eigenvalue weighted by atomic mass is 9.90. The maximum atomic E-state index is 13.9. The molecule has 1 aromatic heterocycles. The van der Waals surface area contributed by atoms with Crippen LogP contribution < -0.4 is 0 Å². The second-order valence-corrected chi connectivity index (χ2v) is 11.5. The summed E-state index contributed by atoms with van der Waals surface area (Å²) in [6, 6.07) is 16.2. The number of rotatable bonds is 4. The summed E-state index contributed by atoms with van der Waals surface area (Å²) in [6.45, 7) is 3.87. The monoisotopic (exact) mass is 555 g/mol. The molecule has 5 heterocycles. The first kappa shape index (κ1) is 25.6. The van der Waals surface area contributed by atoms with Crippen LogP contribution in [-0.4, -0.2) is 102 Å². The fourth-order valence-corrected chi connectivity index (χ4v) is 6.58. The predicted octanol–water partition coefficient (Wildman–Crippen LogP) is 4.05. The van der Waals surface area contributed by atoms with E-state index in [0.29, 0.717) is 25.5 Å². The standard InChI is InChI=1S/C31H33N5O5/c1-40-30(39)35-19-31(20-35)28(37)36(18-21-10-14-34(17-21)29(38)33-12-2-3-13-33)27(32-31)23-6-4-22(5-7-23)24-8-9-26-25(16-24)11-15-41-26/h4-9,11,15-16,21H,2-3,10,12-14,17-20H2,1H3. The molecule has 3 fully saturated rings. The Morgan fingerprint density at radius 1 is 0.951 bits per heavy atom. The summed E-state index contributed by atoms with van der Waals surface area (Å²) < 4.78 is 10.3. The molecule has 7 rings (SSSR count). The van der Waals surface area contributed by atoms with Gasteiger partial charge in [-0.15, -0.1) is 0 Å². The molecule has 0 radical (unpaired) electrons. The lowest BCUT2D eigenvalue weighted by Crippen LogP contribution is -2.66. The molecule has 2 aromatic carbocycles. The lowest BCUT2D eigenvalue weighted by molar-refractivity contribution is -0.136. The average Bonchev–Trinajstić information content (AvgIpc) is 3.79. The van der Waals surface area contributed by atoms with Crippen LogP contribution in [-0.2, 0) is 9.53 Å². The zero-order chi connectivity index (χ0) is 28.1. The van der Waals surface area contributed by atoms with Gasteiger partial charge in [0.15, 0.2) is 5.54 Å². The van der Waals surface area contributed by atoms with Crippen LogP contribution in [0.4, 0.5) is 9.59 Å². The largest absolute Gasteiger partial charge is 0.464 e. The van der Waals surface area contributed by atoms with Gasteiger partial charge in [0.2, 0.25) is 0 Å². The first-order valence-corrected chi connectivity index (χ1v) is 14.3. The second kappa shape index (κ2) is 9.94. The van der Waals surface area contributed by atoms with E-state index in [-0.39, 0.29) is 30.9 Å². The van der Waals surface area contributed by atoms with Gasteiger partial charge in [-0.05, 0) is 54.5 Å². The number of ether oxygens (including phenoxy) is 1. The van der Waals surface area contributed by atoms with E-state index in [0.717, 1.165) is 60.0 Å². The van der Waals surface area contributed by atoms with Gasteiger partial charge >= 0.3 is 12.1 Å². The number of nitrogens with zero attached hydrogens (tertiary/aromatic N) is 5. The summed E-state index contributed by atoms with van der Waals surface area (Å²) in [7, 11) is 1.34. The summed E-state index contributed by atoms with van der Waals surface area (Å²) in [6.07, 6.45) is 4.20. The molecule has 10 nitrogen and oxygen atoms in total. The first-order valence-electron chi connectivity index (χ1n) is 14.3. The number of amides is 4. The lowest BCUT2D eigenvalue weighted by Gasteiger charge is -2.43. The molecule has 1 atom stereocenters. The Bertz CT molecular complexity index is 1530. The van der Waals surface area contributed by atoms with Crippen molar-refractivity contribution in [2.45, 2.75) is 24.8 Å². The van der Waals surface area contributed by atoms with E-state index < -0.39 is 11.6 Å². The molecule has 4 aliphatic rings. The van der Waals surface area contributed by atoms with E-state index in [1.54, 1.807) is 11.2 Å². The number of fused-ring (bicyclic) bond motifs is 1. The van der Waals surface area contributed by atoms with Crippen molar-refractivity contribution in [2.75, 3.05) is 52.9 Å². The minimum Gasteiger partial charge on any atom is -0.464 e. The molecular formula is C31H33N5O5. The van der Waals surface area contributed by atoms with Crippen molar-refractivity contribution in [3.63, 3.8) is 0 Å². The van der Waals surface area contributed by atoms with Crippen molar-refractivity contribution in [1.82, 2.24) is 19.6 Å².